The first kappa shape index (κ1) is 13.5. The molecule has 1 N–H and O–H groups in total. The summed E-state index contributed by atoms with van der Waals surface area (Å²) in [7, 11) is 0. The van der Waals surface area contributed by atoms with Crippen molar-refractivity contribution >= 4 is 21.6 Å². The van der Waals surface area contributed by atoms with E-state index in [0.29, 0.717) is 17.1 Å². The normalized spacial score (nSPS) is 16.7. The van der Waals surface area contributed by atoms with Crippen molar-refractivity contribution in [2.24, 2.45) is 0 Å². The molecule has 0 atom stereocenters. The van der Waals surface area contributed by atoms with Crippen LogP contribution in [0.25, 0.3) is 0 Å². The Balaban J connectivity index is 1.96. The molecule has 1 aliphatic rings. The second kappa shape index (κ2) is 6.26. The molecule has 18 heavy (non-hydrogen) atoms. The largest absolute Gasteiger partial charge is 0.381 e. The summed E-state index contributed by atoms with van der Waals surface area (Å²) in [6.07, 6.45) is 2.00. The number of hydrogen-bond acceptors (Lipinski definition) is 4. The van der Waals surface area contributed by atoms with Crippen molar-refractivity contribution in [1.29, 1.82) is 0 Å². The lowest BCUT2D eigenvalue weighted by Crippen LogP contribution is -2.34. The van der Waals surface area contributed by atoms with Gasteiger partial charge in [-0.3, -0.25) is 10.1 Å². The summed E-state index contributed by atoms with van der Waals surface area (Å²) < 4.78 is 5.80. The van der Waals surface area contributed by atoms with Gasteiger partial charge in [0.25, 0.3) is 5.69 Å². The molecule has 0 saturated carbocycles. The predicted molar refractivity (Wildman–Crippen MR) is 71.5 cm³/mol. The Bertz CT molecular complexity index is 433. The average Bonchev–Trinajstić information content (AvgIpc) is 2.38. The molecule has 1 saturated heterocycles. The number of halogens is 1. The first-order valence-electron chi connectivity index (χ1n) is 5.91. The van der Waals surface area contributed by atoms with Crippen molar-refractivity contribution in [2.45, 2.75) is 25.4 Å². The molecule has 1 fully saturated rings. The Morgan fingerprint density at radius 3 is 2.83 bits per heavy atom. The van der Waals surface area contributed by atoms with Crippen LogP contribution in [0, 0.1) is 10.1 Å². The molecule has 0 aliphatic carbocycles. The molecular weight excluding hydrogens is 300 g/mol. The maximum absolute atomic E-state index is 10.8. The zero-order chi connectivity index (χ0) is 13.0. The summed E-state index contributed by atoms with van der Waals surface area (Å²) in [6, 6.07) is 5.67. The fourth-order valence-corrected chi connectivity index (χ4v) is 2.36. The van der Waals surface area contributed by atoms with Crippen molar-refractivity contribution in [3.05, 3.63) is 38.3 Å². The van der Waals surface area contributed by atoms with Crippen LogP contribution >= 0.6 is 15.9 Å². The summed E-state index contributed by atoms with van der Waals surface area (Å²) in [5.74, 6) is 0. The highest BCUT2D eigenvalue weighted by molar-refractivity contribution is 9.10. The van der Waals surface area contributed by atoms with Gasteiger partial charge in [-0.25, -0.2) is 0 Å². The third-order valence-electron chi connectivity index (χ3n) is 3.02. The average molecular weight is 315 g/mol. The first-order valence-corrected chi connectivity index (χ1v) is 6.70. The van der Waals surface area contributed by atoms with Crippen LogP contribution in [0.4, 0.5) is 5.69 Å². The third kappa shape index (κ3) is 3.51. The Labute approximate surface area is 114 Å². The number of hydrogen-bond donors (Lipinski definition) is 1. The van der Waals surface area contributed by atoms with Crippen molar-refractivity contribution in [2.75, 3.05) is 13.2 Å². The van der Waals surface area contributed by atoms with Gasteiger partial charge in [0.15, 0.2) is 0 Å². The van der Waals surface area contributed by atoms with E-state index in [1.54, 1.807) is 12.1 Å². The highest BCUT2D eigenvalue weighted by Crippen LogP contribution is 2.25. The number of rotatable bonds is 4. The van der Waals surface area contributed by atoms with E-state index in [-0.39, 0.29) is 10.6 Å². The zero-order valence-corrected chi connectivity index (χ0v) is 11.5. The Hall–Kier alpha value is -0.980. The number of nitro groups is 1. The lowest BCUT2D eigenvalue weighted by Gasteiger charge is -2.23. The van der Waals surface area contributed by atoms with Gasteiger partial charge in [0.05, 0.1) is 9.40 Å². The Morgan fingerprint density at radius 2 is 2.17 bits per heavy atom. The highest BCUT2D eigenvalue weighted by atomic mass is 79.9. The minimum atomic E-state index is -0.373. The molecule has 0 spiro atoms. The second-order valence-corrected chi connectivity index (χ2v) is 5.16. The molecule has 1 heterocycles. The van der Waals surface area contributed by atoms with Crippen LogP contribution in [0.15, 0.2) is 22.7 Å². The summed E-state index contributed by atoms with van der Waals surface area (Å²) in [5.41, 5.74) is 1.04. The van der Waals surface area contributed by atoms with Gasteiger partial charge < -0.3 is 10.1 Å². The molecule has 5 nitrogen and oxygen atoms in total. The summed E-state index contributed by atoms with van der Waals surface area (Å²) in [5, 5.41) is 14.2. The van der Waals surface area contributed by atoms with E-state index in [9.17, 15) is 10.1 Å². The monoisotopic (exact) mass is 314 g/mol. The summed E-state index contributed by atoms with van der Waals surface area (Å²) >= 11 is 3.18. The lowest BCUT2D eigenvalue weighted by molar-refractivity contribution is -0.385. The maximum Gasteiger partial charge on any atom is 0.283 e. The van der Waals surface area contributed by atoms with Crippen LogP contribution < -0.4 is 5.32 Å². The van der Waals surface area contributed by atoms with Crippen LogP contribution in [0.2, 0.25) is 0 Å². The van der Waals surface area contributed by atoms with Gasteiger partial charge in [0.1, 0.15) is 0 Å². The summed E-state index contributed by atoms with van der Waals surface area (Å²) in [6.45, 7) is 2.23. The van der Waals surface area contributed by atoms with E-state index in [4.69, 9.17) is 4.74 Å². The molecule has 0 aromatic heterocycles. The van der Waals surface area contributed by atoms with Gasteiger partial charge in [-0.05, 0) is 40.4 Å². The van der Waals surface area contributed by atoms with Gasteiger partial charge in [0.2, 0.25) is 0 Å². The van der Waals surface area contributed by atoms with Crippen molar-refractivity contribution < 1.29 is 9.66 Å². The van der Waals surface area contributed by atoms with Crippen LogP contribution in [0.5, 0.6) is 0 Å². The molecule has 6 heteroatoms. The van der Waals surface area contributed by atoms with E-state index in [2.05, 4.69) is 21.2 Å². The van der Waals surface area contributed by atoms with Crippen LogP contribution in [-0.2, 0) is 11.3 Å². The Morgan fingerprint density at radius 1 is 1.44 bits per heavy atom. The van der Waals surface area contributed by atoms with Gasteiger partial charge in [-0.2, -0.15) is 0 Å². The van der Waals surface area contributed by atoms with Gasteiger partial charge in [-0.15, -0.1) is 0 Å². The maximum atomic E-state index is 10.8. The first-order chi connectivity index (χ1) is 8.66. The Kier molecular flexibility index (Phi) is 4.68. The van der Waals surface area contributed by atoms with Crippen LogP contribution in [0.1, 0.15) is 18.4 Å². The number of benzene rings is 1. The number of nitrogens with one attached hydrogen (secondary N) is 1. The molecule has 0 amide bonds. The van der Waals surface area contributed by atoms with Crippen LogP contribution in [0.3, 0.4) is 0 Å². The van der Waals surface area contributed by atoms with Gasteiger partial charge in [-0.1, -0.05) is 6.07 Å². The number of nitro benzene ring substituents is 1. The SMILES string of the molecule is O=[N+]([O-])c1cc(CNC2CCOCC2)ccc1Br. The van der Waals surface area contributed by atoms with Crippen molar-refractivity contribution in [3.8, 4) is 0 Å². The minimum Gasteiger partial charge on any atom is -0.381 e. The molecule has 0 unspecified atom stereocenters. The van der Waals surface area contributed by atoms with Gasteiger partial charge >= 0.3 is 0 Å². The fourth-order valence-electron chi connectivity index (χ4n) is 1.97. The molecule has 0 radical (unpaired) electrons. The molecule has 1 aliphatic heterocycles. The number of nitrogens with zero attached hydrogens (tertiary/aromatic N) is 1. The minimum absolute atomic E-state index is 0.112. The van der Waals surface area contributed by atoms with E-state index >= 15 is 0 Å². The van der Waals surface area contributed by atoms with Gasteiger partial charge in [0, 0.05) is 31.9 Å². The fraction of sp³-hybridized carbons (Fsp3) is 0.500. The molecule has 1 aromatic carbocycles. The zero-order valence-electron chi connectivity index (χ0n) is 9.89. The third-order valence-corrected chi connectivity index (χ3v) is 3.69. The van der Waals surface area contributed by atoms with E-state index in [0.717, 1.165) is 31.6 Å². The quantitative estimate of drug-likeness (QED) is 0.685. The molecule has 2 rings (SSSR count). The van der Waals surface area contributed by atoms with E-state index in [1.807, 2.05) is 6.07 Å². The summed E-state index contributed by atoms with van der Waals surface area (Å²) in [4.78, 5) is 10.4. The van der Waals surface area contributed by atoms with E-state index < -0.39 is 0 Å². The number of ether oxygens (including phenoxy) is 1. The topological polar surface area (TPSA) is 64.4 Å². The lowest BCUT2D eigenvalue weighted by atomic mass is 10.1. The molecule has 1 aromatic rings. The van der Waals surface area contributed by atoms with E-state index in [1.165, 1.54) is 0 Å². The molecule has 98 valence electrons. The smallest absolute Gasteiger partial charge is 0.283 e. The molecular formula is C12H15BrN2O3. The second-order valence-electron chi connectivity index (χ2n) is 4.31. The van der Waals surface area contributed by atoms with Crippen molar-refractivity contribution in [3.63, 3.8) is 0 Å². The van der Waals surface area contributed by atoms with Crippen LogP contribution in [-0.4, -0.2) is 24.2 Å². The molecule has 0 bridgehead atoms. The standard InChI is InChI=1S/C12H15BrN2O3/c13-11-2-1-9(7-12(11)15(16)17)8-14-10-3-5-18-6-4-10/h1-2,7,10,14H,3-6,8H2. The van der Waals surface area contributed by atoms with Crippen molar-refractivity contribution in [1.82, 2.24) is 5.32 Å². The predicted octanol–water partition coefficient (Wildman–Crippen LogP) is 2.63. The highest BCUT2D eigenvalue weighted by Gasteiger charge is 2.15.